The van der Waals surface area contributed by atoms with Crippen molar-refractivity contribution in [3.05, 3.63) is 86.9 Å². The number of anilines is 1. The van der Waals surface area contributed by atoms with E-state index in [0.717, 1.165) is 11.1 Å². The average molecular weight is 514 g/mol. The number of nitrogens with zero attached hydrogens (tertiary/aromatic N) is 1. The van der Waals surface area contributed by atoms with Gasteiger partial charge in [-0.3, -0.25) is 9.59 Å². The summed E-state index contributed by atoms with van der Waals surface area (Å²) in [7, 11) is 0. The van der Waals surface area contributed by atoms with E-state index < -0.39 is 11.8 Å². The van der Waals surface area contributed by atoms with Crippen LogP contribution in [0.4, 0.5) is 5.69 Å². The van der Waals surface area contributed by atoms with E-state index in [1.54, 1.807) is 48.5 Å². The Kier molecular flexibility index (Phi) is 9.11. The summed E-state index contributed by atoms with van der Waals surface area (Å²) in [5, 5.41) is 7.48. The van der Waals surface area contributed by atoms with Crippen molar-refractivity contribution in [3.63, 3.8) is 0 Å². The molecule has 0 saturated carbocycles. The van der Waals surface area contributed by atoms with Gasteiger partial charge >= 0.3 is 11.8 Å². The fraction of sp³-hybridized carbons (Fsp3) is 0.192. The van der Waals surface area contributed by atoms with Crippen LogP contribution in [0.2, 0.25) is 10.0 Å². The fourth-order valence-electron chi connectivity index (χ4n) is 3.09. The smallest absolute Gasteiger partial charge is 0.329 e. The topological polar surface area (TPSA) is 89.0 Å². The number of amides is 2. The molecule has 0 aromatic heterocycles. The number of ether oxygens (including phenoxy) is 2. The number of benzene rings is 3. The Bertz CT molecular complexity index is 1240. The summed E-state index contributed by atoms with van der Waals surface area (Å²) in [4.78, 5) is 24.3. The van der Waals surface area contributed by atoms with Crippen LogP contribution >= 0.6 is 23.2 Å². The molecule has 0 unspecified atom stereocenters. The molecule has 0 spiro atoms. The van der Waals surface area contributed by atoms with Crippen molar-refractivity contribution in [2.24, 2.45) is 5.10 Å². The molecule has 3 rings (SSSR count). The quantitative estimate of drug-likeness (QED) is 0.230. The van der Waals surface area contributed by atoms with Gasteiger partial charge in [0.2, 0.25) is 0 Å². The number of hydrazone groups is 1. The predicted molar refractivity (Wildman–Crippen MR) is 139 cm³/mol. The van der Waals surface area contributed by atoms with Crippen LogP contribution < -0.4 is 20.2 Å². The molecule has 7 nitrogen and oxygen atoms in total. The Morgan fingerprint density at radius 1 is 0.943 bits per heavy atom. The van der Waals surface area contributed by atoms with E-state index in [2.05, 4.69) is 15.8 Å². The Balaban J connectivity index is 1.63. The molecule has 0 bridgehead atoms. The number of rotatable bonds is 8. The van der Waals surface area contributed by atoms with Crippen molar-refractivity contribution >= 4 is 46.9 Å². The molecule has 3 aromatic rings. The fourth-order valence-corrected chi connectivity index (χ4v) is 3.60. The first kappa shape index (κ1) is 26.1. The average Bonchev–Trinajstić information content (AvgIpc) is 2.83. The van der Waals surface area contributed by atoms with Gasteiger partial charge in [-0.05, 0) is 73.9 Å². The molecule has 0 fully saturated rings. The third kappa shape index (κ3) is 6.97. The number of carbonyl (C=O) groups excluding carboxylic acids is 2. The lowest BCUT2D eigenvalue weighted by Crippen LogP contribution is -2.32. The molecule has 0 aliphatic heterocycles. The van der Waals surface area contributed by atoms with Gasteiger partial charge in [0.1, 0.15) is 6.61 Å². The number of hydrogen-bond acceptors (Lipinski definition) is 5. The van der Waals surface area contributed by atoms with E-state index in [-0.39, 0.29) is 6.61 Å². The zero-order valence-electron chi connectivity index (χ0n) is 19.5. The van der Waals surface area contributed by atoms with Crippen molar-refractivity contribution < 1.29 is 19.1 Å². The molecular weight excluding hydrogens is 489 g/mol. The van der Waals surface area contributed by atoms with Crippen LogP contribution in [0.5, 0.6) is 11.5 Å². The highest BCUT2D eigenvalue weighted by Crippen LogP contribution is 2.31. The molecular formula is C26H25Cl2N3O4. The number of halogens is 2. The largest absolute Gasteiger partial charge is 0.490 e. The zero-order chi connectivity index (χ0) is 25.4. The van der Waals surface area contributed by atoms with Crippen molar-refractivity contribution in [1.82, 2.24) is 5.43 Å². The summed E-state index contributed by atoms with van der Waals surface area (Å²) in [6.45, 7) is 6.22. The Morgan fingerprint density at radius 2 is 1.66 bits per heavy atom. The minimum Gasteiger partial charge on any atom is -0.490 e. The molecule has 0 atom stereocenters. The molecule has 9 heteroatoms. The van der Waals surface area contributed by atoms with Crippen molar-refractivity contribution in [1.29, 1.82) is 0 Å². The Morgan fingerprint density at radius 3 is 2.37 bits per heavy atom. The minimum absolute atomic E-state index is 0.164. The molecule has 0 aliphatic rings. The van der Waals surface area contributed by atoms with Gasteiger partial charge < -0.3 is 14.8 Å². The van der Waals surface area contributed by atoms with Crippen LogP contribution in [0.1, 0.15) is 29.2 Å². The molecule has 182 valence electrons. The van der Waals surface area contributed by atoms with E-state index in [0.29, 0.717) is 45.0 Å². The van der Waals surface area contributed by atoms with Gasteiger partial charge in [0.05, 0.1) is 12.8 Å². The molecule has 0 heterocycles. The number of nitrogens with one attached hydrogen (secondary N) is 2. The maximum Gasteiger partial charge on any atom is 0.329 e. The van der Waals surface area contributed by atoms with E-state index in [4.69, 9.17) is 32.7 Å². The maximum atomic E-state index is 12.2. The van der Waals surface area contributed by atoms with Crippen LogP contribution in [-0.4, -0.2) is 24.6 Å². The number of carbonyl (C=O) groups is 2. The van der Waals surface area contributed by atoms with Crippen LogP contribution in [0, 0.1) is 13.8 Å². The second-order valence-electron chi connectivity index (χ2n) is 7.53. The van der Waals surface area contributed by atoms with E-state index in [1.807, 2.05) is 26.8 Å². The van der Waals surface area contributed by atoms with E-state index in [9.17, 15) is 9.59 Å². The summed E-state index contributed by atoms with van der Waals surface area (Å²) >= 11 is 12.4. The highest BCUT2D eigenvalue weighted by molar-refractivity contribution is 6.39. The SMILES string of the molecule is CCOc1cc(/C=N\NC(=O)C(=O)Nc2cccc(C)c2C)ccc1OCc1c(Cl)cccc1Cl. The molecule has 0 radical (unpaired) electrons. The maximum absolute atomic E-state index is 12.2. The highest BCUT2D eigenvalue weighted by Gasteiger charge is 2.15. The monoisotopic (exact) mass is 513 g/mol. The van der Waals surface area contributed by atoms with Gasteiger partial charge in [-0.25, -0.2) is 5.43 Å². The Labute approximate surface area is 214 Å². The summed E-state index contributed by atoms with van der Waals surface area (Å²) in [6.07, 6.45) is 1.40. The molecule has 2 amide bonds. The number of aryl methyl sites for hydroxylation is 1. The highest BCUT2D eigenvalue weighted by atomic mass is 35.5. The van der Waals surface area contributed by atoms with Gasteiger partial charge in [0, 0.05) is 21.3 Å². The molecule has 2 N–H and O–H groups in total. The van der Waals surface area contributed by atoms with Crippen LogP contribution in [0.3, 0.4) is 0 Å². The van der Waals surface area contributed by atoms with E-state index >= 15 is 0 Å². The second-order valence-corrected chi connectivity index (χ2v) is 8.34. The first-order valence-corrected chi connectivity index (χ1v) is 11.6. The third-order valence-electron chi connectivity index (χ3n) is 5.14. The molecule has 3 aromatic carbocycles. The van der Waals surface area contributed by atoms with Gasteiger partial charge in [0.25, 0.3) is 0 Å². The van der Waals surface area contributed by atoms with Crippen molar-refractivity contribution in [2.75, 3.05) is 11.9 Å². The van der Waals surface area contributed by atoms with Crippen LogP contribution in [0.25, 0.3) is 0 Å². The number of hydrogen-bond donors (Lipinski definition) is 2. The summed E-state index contributed by atoms with van der Waals surface area (Å²) in [5.74, 6) is -0.716. The standard InChI is InChI=1S/C26H25Cl2N3O4/c1-4-34-24-13-18(11-12-23(24)35-15-19-20(27)8-6-9-21(19)28)14-29-31-26(33)25(32)30-22-10-5-7-16(2)17(22)3/h5-14H,4,15H2,1-3H3,(H,30,32)(H,31,33)/b29-14-. The summed E-state index contributed by atoms with van der Waals surface area (Å²) in [5.41, 5.74) is 6.00. The summed E-state index contributed by atoms with van der Waals surface area (Å²) < 4.78 is 11.6. The summed E-state index contributed by atoms with van der Waals surface area (Å²) in [6, 6.07) is 15.9. The predicted octanol–water partition coefficient (Wildman–Crippen LogP) is 5.68. The minimum atomic E-state index is -0.885. The Hall–Kier alpha value is -3.55. The molecule has 0 saturated heterocycles. The first-order valence-electron chi connectivity index (χ1n) is 10.8. The third-order valence-corrected chi connectivity index (χ3v) is 5.85. The van der Waals surface area contributed by atoms with Crippen LogP contribution in [0.15, 0.2) is 59.7 Å². The van der Waals surface area contributed by atoms with E-state index in [1.165, 1.54) is 6.21 Å². The van der Waals surface area contributed by atoms with Gasteiger partial charge in [0.15, 0.2) is 11.5 Å². The van der Waals surface area contributed by atoms with Gasteiger partial charge in [-0.1, -0.05) is 41.4 Å². The van der Waals surface area contributed by atoms with Gasteiger partial charge in [-0.15, -0.1) is 0 Å². The molecule has 0 aliphatic carbocycles. The second kappa shape index (κ2) is 12.2. The lowest BCUT2D eigenvalue weighted by molar-refractivity contribution is -0.136. The van der Waals surface area contributed by atoms with Gasteiger partial charge in [-0.2, -0.15) is 5.10 Å². The zero-order valence-corrected chi connectivity index (χ0v) is 21.0. The lowest BCUT2D eigenvalue weighted by atomic mass is 10.1. The van der Waals surface area contributed by atoms with Crippen molar-refractivity contribution in [3.8, 4) is 11.5 Å². The normalized spacial score (nSPS) is 10.8. The lowest BCUT2D eigenvalue weighted by Gasteiger charge is -2.14. The van der Waals surface area contributed by atoms with Crippen molar-refractivity contribution in [2.45, 2.75) is 27.4 Å². The van der Waals surface area contributed by atoms with Crippen LogP contribution in [-0.2, 0) is 16.2 Å². The first-order chi connectivity index (χ1) is 16.8. The molecule has 35 heavy (non-hydrogen) atoms.